The van der Waals surface area contributed by atoms with E-state index in [2.05, 4.69) is 15.5 Å². The van der Waals surface area contributed by atoms with Crippen LogP contribution in [0.3, 0.4) is 0 Å². The van der Waals surface area contributed by atoms with Gasteiger partial charge in [0.15, 0.2) is 5.82 Å². The van der Waals surface area contributed by atoms with Crippen molar-refractivity contribution in [3.05, 3.63) is 34.7 Å². The van der Waals surface area contributed by atoms with Crippen LogP contribution in [0.2, 0.25) is 0 Å². The molecule has 4 rings (SSSR count). The van der Waals surface area contributed by atoms with Crippen molar-refractivity contribution in [2.24, 2.45) is 0 Å². The van der Waals surface area contributed by atoms with Gasteiger partial charge in [-0.05, 0) is 61.4 Å². The second kappa shape index (κ2) is 6.85. The van der Waals surface area contributed by atoms with Gasteiger partial charge in [0.25, 0.3) is 0 Å². The summed E-state index contributed by atoms with van der Waals surface area (Å²) < 4.78 is 1.05. The van der Waals surface area contributed by atoms with Crippen LogP contribution in [-0.2, 0) is 0 Å². The highest BCUT2D eigenvalue weighted by molar-refractivity contribution is 7.17. The Labute approximate surface area is 156 Å². The fraction of sp³-hybridized carbons (Fsp3) is 0.400. The molecule has 3 N–H and O–H groups in total. The summed E-state index contributed by atoms with van der Waals surface area (Å²) in [4.78, 5) is 0. The van der Waals surface area contributed by atoms with Gasteiger partial charge in [-0.1, -0.05) is 12.8 Å². The summed E-state index contributed by atoms with van der Waals surface area (Å²) in [7, 11) is 0. The second-order valence-corrected chi connectivity index (χ2v) is 7.99. The van der Waals surface area contributed by atoms with Crippen molar-refractivity contribution in [2.45, 2.75) is 51.7 Å². The standard InChI is InChI=1S/C20H23N3O2S/c1-11-12(2)20(21-15-5-3-4-6-16(15)24)23-22-18(11)14-7-8-17-13(19(14)25)9-10-26-17/h7-10,15-16,24-25H,3-6H2,1-2H3,(H,21,23). The van der Waals surface area contributed by atoms with Crippen molar-refractivity contribution in [3.8, 4) is 17.0 Å². The van der Waals surface area contributed by atoms with Crippen molar-refractivity contribution < 1.29 is 10.2 Å². The quantitative estimate of drug-likeness (QED) is 0.638. The summed E-state index contributed by atoms with van der Waals surface area (Å²) in [5.74, 6) is 0.970. The largest absolute Gasteiger partial charge is 0.507 e. The fourth-order valence-corrected chi connectivity index (χ4v) is 4.46. The van der Waals surface area contributed by atoms with Crippen LogP contribution in [0.4, 0.5) is 5.82 Å². The van der Waals surface area contributed by atoms with Gasteiger partial charge in [-0.15, -0.1) is 21.5 Å². The third kappa shape index (κ3) is 2.93. The number of aliphatic hydroxyl groups is 1. The smallest absolute Gasteiger partial charge is 0.152 e. The number of aliphatic hydroxyl groups excluding tert-OH is 1. The number of phenolic OH excluding ortho intramolecular Hbond substituents is 1. The van der Waals surface area contributed by atoms with E-state index in [1.165, 1.54) is 0 Å². The molecule has 1 aromatic carbocycles. The normalized spacial score (nSPS) is 20.4. The number of anilines is 1. The first-order valence-corrected chi connectivity index (χ1v) is 9.92. The molecule has 0 bridgehead atoms. The van der Waals surface area contributed by atoms with E-state index in [9.17, 15) is 10.2 Å². The molecule has 0 amide bonds. The molecule has 1 fully saturated rings. The number of hydrogen-bond donors (Lipinski definition) is 3. The average molecular weight is 369 g/mol. The molecule has 2 aromatic heterocycles. The first-order valence-electron chi connectivity index (χ1n) is 9.04. The number of benzene rings is 1. The maximum atomic E-state index is 10.7. The van der Waals surface area contributed by atoms with Crippen LogP contribution in [0.1, 0.15) is 36.8 Å². The lowest BCUT2D eigenvalue weighted by atomic mass is 9.92. The highest BCUT2D eigenvalue weighted by Crippen LogP contribution is 2.39. The Kier molecular flexibility index (Phi) is 4.54. The van der Waals surface area contributed by atoms with E-state index < -0.39 is 0 Å². The van der Waals surface area contributed by atoms with Crippen molar-refractivity contribution in [1.82, 2.24) is 10.2 Å². The van der Waals surface area contributed by atoms with Crippen LogP contribution in [0, 0.1) is 13.8 Å². The topological polar surface area (TPSA) is 78.3 Å². The molecule has 1 aliphatic carbocycles. The van der Waals surface area contributed by atoms with Gasteiger partial charge in [0.2, 0.25) is 0 Å². The maximum absolute atomic E-state index is 10.7. The van der Waals surface area contributed by atoms with Gasteiger partial charge in [-0.2, -0.15) is 0 Å². The lowest BCUT2D eigenvalue weighted by Gasteiger charge is -2.29. The third-order valence-corrected chi connectivity index (χ3v) is 6.32. The first kappa shape index (κ1) is 17.2. The molecule has 2 atom stereocenters. The van der Waals surface area contributed by atoms with Gasteiger partial charge in [0.1, 0.15) is 5.75 Å². The molecule has 6 heteroatoms. The molecule has 5 nitrogen and oxygen atoms in total. The highest BCUT2D eigenvalue weighted by Gasteiger charge is 2.24. The van der Waals surface area contributed by atoms with E-state index >= 15 is 0 Å². The molecule has 0 saturated heterocycles. The minimum absolute atomic E-state index is 0.0255. The molecule has 2 heterocycles. The number of hydrogen-bond acceptors (Lipinski definition) is 6. The summed E-state index contributed by atoms with van der Waals surface area (Å²) in [5.41, 5.74) is 3.38. The van der Waals surface area contributed by atoms with Crippen LogP contribution in [0.15, 0.2) is 23.6 Å². The molecule has 3 aromatic rings. The fourth-order valence-electron chi connectivity index (χ4n) is 3.67. The summed E-state index contributed by atoms with van der Waals surface area (Å²) in [6.07, 6.45) is 3.63. The maximum Gasteiger partial charge on any atom is 0.152 e. The summed E-state index contributed by atoms with van der Waals surface area (Å²) in [6, 6.07) is 5.87. The van der Waals surface area contributed by atoms with Crippen LogP contribution in [0.5, 0.6) is 5.75 Å². The highest BCUT2D eigenvalue weighted by atomic mass is 32.1. The SMILES string of the molecule is Cc1c(NC2CCCCC2O)nnc(-c2ccc3sccc3c2O)c1C. The van der Waals surface area contributed by atoms with E-state index in [1.54, 1.807) is 11.3 Å². The van der Waals surface area contributed by atoms with E-state index in [1.807, 2.05) is 37.4 Å². The van der Waals surface area contributed by atoms with Crippen molar-refractivity contribution in [3.63, 3.8) is 0 Å². The van der Waals surface area contributed by atoms with Gasteiger partial charge in [0, 0.05) is 15.6 Å². The number of fused-ring (bicyclic) bond motifs is 1. The molecule has 1 saturated carbocycles. The zero-order chi connectivity index (χ0) is 18.3. The zero-order valence-corrected chi connectivity index (χ0v) is 15.8. The zero-order valence-electron chi connectivity index (χ0n) is 15.0. The molecule has 2 unspecified atom stereocenters. The number of aromatic nitrogens is 2. The van der Waals surface area contributed by atoms with Gasteiger partial charge in [-0.25, -0.2) is 0 Å². The van der Waals surface area contributed by atoms with Gasteiger partial charge in [-0.3, -0.25) is 0 Å². The van der Waals surface area contributed by atoms with Crippen molar-refractivity contribution in [2.75, 3.05) is 5.32 Å². The number of rotatable bonds is 3. The van der Waals surface area contributed by atoms with E-state index in [0.717, 1.165) is 46.9 Å². The number of thiophene rings is 1. The summed E-state index contributed by atoms with van der Waals surface area (Å²) in [5, 5.41) is 35.8. The molecule has 1 aliphatic rings. The molecule has 0 aliphatic heterocycles. The Morgan fingerprint density at radius 2 is 1.88 bits per heavy atom. The molecular weight excluding hydrogens is 346 g/mol. The van der Waals surface area contributed by atoms with Crippen LogP contribution >= 0.6 is 11.3 Å². The first-order chi connectivity index (χ1) is 12.6. The van der Waals surface area contributed by atoms with Crippen LogP contribution < -0.4 is 5.32 Å². The van der Waals surface area contributed by atoms with Crippen LogP contribution in [-0.4, -0.2) is 32.6 Å². The number of phenols is 1. The lowest BCUT2D eigenvalue weighted by molar-refractivity contribution is 0.116. The Balaban J connectivity index is 1.70. The molecule has 26 heavy (non-hydrogen) atoms. The van der Waals surface area contributed by atoms with E-state index in [0.29, 0.717) is 17.1 Å². The number of aromatic hydroxyl groups is 1. The second-order valence-electron chi connectivity index (χ2n) is 7.04. The van der Waals surface area contributed by atoms with Gasteiger partial charge < -0.3 is 15.5 Å². The molecular formula is C20H23N3O2S. The van der Waals surface area contributed by atoms with E-state index in [-0.39, 0.29) is 17.9 Å². The van der Waals surface area contributed by atoms with Crippen LogP contribution in [0.25, 0.3) is 21.3 Å². The van der Waals surface area contributed by atoms with E-state index in [4.69, 9.17) is 0 Å². The predicted molar refractivity (Wildman–Crippen MR) is 106 cm³/mol. The van der Waals surface area contributed by atoms with Crippen molar-refractivity contribution >= 4 is 27.2 Å². The molecule has 0 radical (unpaired) electrons. The summed E-state index contributed by atoms with van der Waals surface area (Å²) in [6.45, 7) is 4.00. The third-order valence-electron chi connectivity index (χ3n) is 5.44. The summed E-state index contributed by atoms with van der Waals surface area (Å²) >= 11 is 1.61. The monoisotopic (exact) mass is 369 g/mol. The molecule has 0 spiro atoms. The molecule has 136 valence electrons. The van der Waals surface area contributed by atoms with Gasteiger partial charge in [0.05, 0.1) is 17.8 Å². The predicted octanol–water partition coefficient (Wildman–Crippen LogP) is 4.40. The number of nitrogens with zero attached hydrogens (tertiary/aromatic N) is 2. The Hall–Kier alpha value is -2.18. The van der Waals surface area contributed by atoms with Crippen molar-refractivity contribution in [1.29, 1.82) is 0 Å². The lowest BCUT2D eigenvalue weighted by Crippen LogP contribution is -2.36. The Morgan fingerprint density at radius 3 is 2.69 bits per heavy atom. The minimum Gasteiger partial charge on any atom is -0.507 e. The Bertz CT molecular complexity index is 954. The average Bonchev–Trinajstić information content (AvgIpc) is 3.12. The minimum atomic E-state index is -0.338. The Morgan fingerprint density at radius 1 is 1.08 bits per heavy atom. The van der Waals surface area contributed by atoms with Gasteiger partial charge >= 0.3 is 0 Å². The number of nitrogens with one attached hydrogen (secondary N) is 1.